The van der Waals surface area contributed by atoms with Crippen LogP contribution in [0.3, 0.4) is 0 Å². The molecule has 0 unspecified atom stereocenters. The van der Waals surface area contributed by atoms with Crippen LogP contribution in [0.1, 0.15) is 11.4 Å². The van der Waals surface area contributed by atoms with Gasteiger partial charge in [-0.2, -0.15) is 5.10 Å². The van der Waals surface area contributed by atoms with E-state index in [1.165, 1.54) is 5.69 Å². The number of hydrogen-bond acceptors (Lipinski definition) is 4. The van der Waals surface area contributed by atoms with Crippen LogP contribution in [0, 0.1) is 0 Å². The number of fused-ring (bicyclic) bond motifs is 1. The average molecular weight is 267 g/mol. The van der Waals surface area contributed by atoms with E-state index in [4.69, 9.17) is 0 Å². The molecule has 0 aliphatic heterocycles. The molecule has 102 valence electrons. The average Bonchev–Trinajstić information content (AvgIpc) is 2.89. The zero-order chi connectivity index (χ0) is 13.8. The molecule has 3 aromatic rings. The van der Waals surface area contributed by atoms with Gasteiger partial charge in [0.15, 0.2) is 0 Å². The third-order valence-electron chi connectivity index (χ3n) is 3.28. The maximum Gasteiger partial charge on any atom is 0.0890 e. The summed E-state index contributed by atoms with van der Waals surface area (Å²) in [4.78, 5) is 8.99. The second kappa shape index (κ2) is 5.79. The van der Waals surface area contributed by atoms with Crippen LogP contribution in [0.4, 0.5) is 0 Å². The van der Waals surface area contributed by atoms with Gasteiger partial charge in [-0.05, 0) is 18.2 Å². The van der Waals surface area contributed by atoms with Crippen LogP contribution in [0.25, 0.3) is 11.0 Å². The van der Waals surface area contributed by atoms with Crippen molar-refractivity contribution in [3.05, 3.63) is 54.1 Å². The molecule has 0 radical (unpaired) electrons. The lowest BCUT2D eigenvalue weighted by Gasteiger charge is -2.05. The van der Waals surface area contributed by atoms with Crippen LogP contribution in [-0.2, 0) is 20.0 Å². The van der Waals surface area contributed by atoms with Crippen molar-refractivity contribution in [3.8, 4) is 0 Å². The zero-order valence-corrected chi connectivity index (χ0v) is 11.5. The quantitative estimate of drug-likeness (QED) is 0.715. The fourth-order valence-electron chi connectivity index (χ4n) is 2.16. The molecule has 20 heavy (non-hydrogen) atoms. The van der Waals surface area contributed by atoms with Crippen LogP contribution >= 0.6 is 0 Å². The Hall–Kier alpha value is -2.27. The summed E-state index contributed by atoms with van der Waals surface area (Å²) in [7, 11) is 1.96. The Bertz CT molecular complexity index is 704. The molecule has 2 heterocycles. The highest BCUT2D eigenvalue weighted by Gasteiger charge is 2.00. The Kier molecular flexibility index (Phi) is 3.69. The molecule has 3 rings (SSSR count). The number of nitrogens with zero attached hydrogens (tertiary/aromatic N) is 4. The summed E-state index contributed by atoms with van der Waals surface area (Å²) >= 11 is 0. The molecule has 1 N–H and O–H groups in total. The normalized spacial score (nSPS) is 11.1. The van der Waals surface area contributed by atoms with Gasteiger partial charge >= 0.3 is 0 Å². The number of para-hydroxylation sites is 2. The van der Waals surface area contributed by atoms with Gasteiger partial charge in [0, 0.05) is 38.4 Å². The molecule has 0 saturated carbocycles. The van der Waals surface area contributed by atoms with E-state index in [0.29, 0.717) is 0 Å². The van der Waals surface area contributed by atoms with Crippen molar-refractivity contribution in [1.82, 2.24) is 25.1 Å². The summed E-state index contributed by atoms with van der Waals surface area (Å²) in [5.41, 5.74) is 4.07. The van der Waals surface area contributed by atoms with Gasteiger partial charge in [0.2, 0.25) is 0 Å². The second-order valence-corrected chi connectivity index (χ2v) is 4.72. The summed E-state index contributed by atoms with van der Waals surface area (Å²) in [6.45, 7) is 1.63. The predicted octanol–water partition coefficient (Wildman–Crippen LogP) is 1.70. The van der Waals surface area contributed by atoms with Crippen molar-refractivity contribution in [2.24, 2.45) is 7.05 Å². The van der Waals surface area contributed by atoms with Crippen molar-refractivity contribution in [3.63, 3.8) is 0 Å². The summed E-state index contributed by atoms with van der Waals surface area (Å²) in [5.74, 6) is 0. The third-order valence-corrected chi connectivity index (χ3v) is 3.28. The van der Waals surface area contributed by atoms with Crippen molar-refractivity contribution < 1.29 is 0 Å². The van der Waals surface area contributed by atoms with Gasteiger partial charge in [-0.15, -0.1) is 0 Å². The SMILES string of the molecule is Cn1nccc1CCNCc1cnc2ccccc2n1. The minimum absolute atomic E-state index is 0.732. The van der Waals surface area contributed by atoms with Gasteiger partial charge in [0.25, 0.3) is 0 Å². The molecular formula is C15H17N5. The van der Waals surface area contributed by atoms with Crippen LogP contribution in [0.5, 0.6) is 0 Å². The largest absolute Gasteiger partial charge is 0.311 e. The number of aryl methyl sites for hydroxylation is 1. The van der Waals surface area contributed by atoms with E-state index in [1.54, 1.807) is 0 Å². The number of hydrogen-bond donors (Lipinski definition) is 1. The highest BCUT2D eigenvalue weighted by molar-refractivity contribution is 5.73. The van der Waals surface area contributed by atoms with Crippen molar-refractivity contribution in [1.29, 1.82) is 0 Å². The highest BCUT2D eigenvalue weighted by Crippen LogP contribution is 2.08. The number of benzene rings is 1. The summed E-state index contributed by atoms with van der Waals surface area (Å²) < 4.78 is 1.90. The van der Waals surface area contributed by atoms with Crippen LogP contribution in [0.2, 0.25) is 0 Å². The molecule has 5 nitrogen and oxygen atoms in total. The van der Waals surface area contributed by atoms with Gasteiger partial charge in [-0.3, -0.25) is 9.67 Å². The standard InChI is InChI=1S/C15H17N5/c1-20-13(7-9-18-20)6-8-16-10-12-11-17-14-4-2-3-5-15(14)19-12/h2-5,7,9,11,16H,6,8,10H2,1H3. The van der Waals surface area contributed by atoms with E-state index < -0.39 is 0 Å². The first-order chi connectivity index (χ1) is 9.83. The van der Waals surface area contributed by atoms with Crippen molar-refractivity contribution in [2.45, 2.75) is 13.0 Å². The Morgan fingerprint density at radius 1 is 1.15 bits per heavy atom. The van der Waals surface area contributed by atoms with Gasteiger partial charge in [-0.1, -0.05) is 12.1 Å². The van der Waals surface area contributed by atoms with E-state index in [2.05, 4.69) is 20.4 Å². The Morgan fingerprint density at radius 3 is 2.80 bits per heavy atom. The van der Waals surface area contributed by atoms with Crippen molar-refractivity contribution in [2.75, 3.05) is 6.54 Å². The minimum Gasteiger partial charge on any atom is -0.311 e. The summed E-state index contributed by atoms with van der Waals surface area (Å²) in [6, 6.07) is 9.96. The molecule has 0 aliphatic rings. The van der Waals surface area contributed by atoms with E-state index in [1.807, 2.05) is 54.5 Å². The molecule has 0 fully saturated rings. The Balaban J connectivity index is 1.56. The molecule has 2 aromatic heterocycles. The summed E-state index contributed by atoms with van der Waals surface area (Å²) in [5, 5.41) is 7.54. The smallest absolute Gasteiger partial charge is 0.0890 e. The number of rotatable bonds is 5. The number of aromatic nitrogens is 4. The maximum atomic E-state index is 4.58. The molecule has 1 aromatic carbocycles. The molecule has 0 amide bonds. The van der Waals surface area contributed by atoms with Gasteiger partial charge in [0.05, 0.1) is 22.9 Å². The molecule has 5 heteroatoms. The molecule has 0 aliphatic carbocycles. The Labute approximate surface area is 117 Å². The lowest BCUT2D eigenvalue weighted by Crippen LogP contribution is -2.18. The molecule has 0 spiro atoms. The third kappa shape index (κ3) is 2.83. The van der Waals surface area contributed by atoms with Gasteiger partial charge < -0.3 is 5.32 Å². The topological polar surface area (TPSA) is 55.6 Å². The highest BCUT2D eigenvalue weighted by atomic mass is 15.3. The molecule has 0 atom stereocenters. The van der Waals surface area contributed by atoms with Crippen LogP contribution in [0.15, 0.2) is 42.7 Å². The Morgan fingerprint density at radius 2 is 2.00 bits per heavy atom. The second-order valence-electron chi connectivity index (χ2n) is 4.72. The van der Waals surface area contributed by atoms with E-state index in [0.717, 1.165) is 36.2 Å². The maximum absolute atomic E-state index is 4.58. The van der Waals surface area contributed by atoms with Crippen LogP contribution in [-0.4, -0.2) is 26.3 Å². The molecular weight excluding hydrogens is 250 g/mol. The fraction of sp³-hybridized carbons (Fsp3) is 0.267. The predicted molar refractivity (Wildman–Crippen MR) is 78.2 cm³/mol. The number of nitrogens with one attached hydrogen (secondary N) is 1. The zero-order valence-electron chi connectivity index (χ0n) is 11.5. The first-order valence-corrected chi connectivity index (χ1v) is 6.71. The lowest BCUT2D eigenvalue weighted by molar-refractivity contribution is 0.637. The van der Waals surface area contributed by atoms with Gasteiger partial charge in [-0.25, -0.2) is 4.98 Å². The van der Waals surface area contributed by atoms with E-state index in [9.17, 15) is 0 Å². The summed E-state index contributed by atoms with van der Waals surface area (Å²) in [6.07, 6.45) is 4.61. The van der Waals surface area contributed by atoms with E-state index in [-0.39, 0.29) is 0 Å². The van der Waals surface area contributed by atoms with Gasteiger partial charge in [0.1, 0.15) is 0 Å². The van der Waals surface area contributed by atoms with Crippen LogP contribution < -0.4 is 5.32 Å². The molecule has 0 saturated heterocycles. The van der Waals surface area contributed by atoms with E-state index >= 15 is 0 Å². The fourth-order valence-corrected chi connectivity index (χ4v) is 2.16. The lowest BCUT2D eigenvalue weighted by atomic mass is 10.3. The van der Waals surface area contributed by atoms with Crippen molar-refractivity contribution >= 4 is 11.0 Å². The molecule has 0 bridgehead atoms. The first-order valence-electron chi connectivity index (χ1n) is 6.71. The monoisotopic (exact) mass is 267 g/mol. The first kappa shape index (κ1) is 12.7. The minimum atomic E-state index is 0.732.